The zero-order chi connectivity index (χ0) is 22.5. The second-order valence-corrected chi connectivity index (χ2v) is 8.79. The Hall–Kier alpha value is -2.98. The van der Waals surface area contributed by atoms with Gasteiger partial charge in [-0.05, 0) is 24.3 Å². The maximum Gasteiger partial charge on any atom is 0.324 e. The molecule has 0 radical (unpaired) electrons. The van der Waals surface area contributed by atoms with Crippen molar-refractivity contribution >= 4 is 29.2 Å². The van der Waals surface area contributed by atoms with Crippen LogP contribution in [-0.2, 0) is 16.1 Å². The molecule has 10 heteroatoms. The largest absolute Gasteiger partial charge is 0.497 e. The molecule has 170 valence electrons. The number of benzene rings is 1. The molecule has 1 aromatic heterocycles. The van der Waals surface area contributed by atoms with Gasteiger partial charge in [-0.3, -0.25) is 19.8 Å². The second-order valence-electron chi connectivity index (χ2n) is 7.85. The maximum atomic E-state index is 12.5. The number of urea groups is 1. The molecule has 2 saturated heterocycles. The predicted molar refractivity (Wildman–Crippen MR) is 120 cm³/mol. The monoisotopic (exact) mass is 457 g/mol. The Balaban J connectivity index is 1.22. The van der Waals surface area contributed by atoms with Gasteiger partial charge in [0.15, 0.2) is 0 Å². The van der Waals surface area contributed by atoms with Crippen LogP contribution in [0.2, 0.25) is 0 Å². The van der Waals surface area contributed by atoms with Crippen LogP contribution in [0.5, 0.6) is 5.75 Å². The fourth-order valence-electron chi connectivity index (χ4n) is 3.83. The lowest BCUT2D eigenvalue weighted by Crippen LogP contribution is -2.51. The van der Waals surface area contributed by atoms with E-state index in [0.717, 1.165) is 41.6 Å². The standard InChI is InChI=1S/C22H27N5O4S/c1-31-17-4-2-16(3-5-17)18-15-32-20(23-18)14-25-10-12-26(13-11-25)21(29)7-9-27-8-6-19(28)24-22(27)30/h2-5,15H,6-14H2,1H3,(H,24,28,30). The van der Waals surface area contributed by atoms with Gasteiger partial charge in [-0.25, -0.2) is 9.78 Å². The van der Waals surface area contributed by atoms with E-state index < -0.39 is 6.03 Å². The van der Waals surface area contributed by atoms with Crippen LogP contribution in [0, 0.1) is 0 Å². The summed E-state index contributed by atoms with van der Waals surface area (Å²) in [6, 6.07) is 7.47. The van der Waals surface area contributed by atoms with Gasteiger partial charge in [-0.2, -0.15) is 0 Å². The van der Waals surface area contributed by atoms with E-state index in [4.69, 9.17) is 9.72 Å². The summed E-state index contributed by atoms with van der Waals surface area (Å²) in [7, 11) is 1.65. The molecule has 3 heterocycles. The summed E-state index contributed by atoms with van der Waals surface area (Å²) in [5.74, 6) is 0.612. The number of piperazine rings is 1. The van der Waals surface area contributed by atoms with Crippen molar-refractivity contribution in [1.82, 2.24) is 25.0 Å². The van der Waals surface area contributed by atoms with Gasteiger partial charge in [0.25, 0.3) is 0 Å². The van der Waals surface area contributed by atoms with E-state index >= 15 is 0 Å². The Kier molecular flexibility index (Phi) is 7.01. The van der Waals surface area contributed by atoms with Crippen molar-refractivity contribution in [3.8, 4) is 17.0 Å². The molecule has 0 atom stereocenters. The molecule has 0 unspecified atom stereocenters. The topological polar surface area (TPSA) is 95.1 Å². The molecular weight excluding hydrogens is 430 g/mol. The summed E-state index contributed by atoms with van der Waals surface area (Å²) in [6.45, 7) is 4.40. The van der Waals surface area contributed by atoms with Crippen LogP contribution >= 0.6 is 11.3 Å². The van der Waals surface area contributed by atoms with Crippen molar-refractivity contribution in [2.75, 3.05) is 46.4 Å². The van der Waals surface area contributed by atoms with E-state index in [9.17, 15) is 14.4 Å². The van der Waals surface area contributed by atoms with Crippen molar-refractivity contribution in [2.45, 2.75) is 19.4 Å². The molecule has 0 saturated carbocycles. The normalized spacial score (nSPS) is 17.4. The van der Waals surface area contributed by atoms with Gasteiger partial charge >= 0.3 is 6.03 Å². The smallest absolute Gasteiger partial charge is 0.324 e. The van der Waals surface area contributed by atoms with Gasteiger partial charge in [0.2, 0.25) is 11.8 Å². The molecule has 32 heavy (non-hydrogen) atoms. The van der Waals surface area contributed by atoms with Crippen molar-refractivity contribution in [3.63, 3.8) is 0 Å². The van der Waals surface area contributed by atoms with E-state index in [0.29, 0.717) is 26.2 Å². The molecular formula is C22H27N5O4S. The maximum absolute atomic E-state index is 12.5. The van der Waals surface area contributed by atoms with Crippen LogP contribution in [-0.4, -0.2) is 83.9 Å². The zero-order valence-electron chi connectivity index (χ0n) is 18.1. The number of rotatable bonds is 7. The summed E-state index contributed by atoms with van der Waals surface area (Å²) in [5.41, 5.74) is 2.03. The third-order valence-electron chi connectivity index (χ3n) is 5.76. The Labute approximate surface area is 191 Å². The lowest BCUT2D eigenvalue weighted by molar-refractivity contribution is -0.133. The Morgan fingerprint density at radius 3 is 2.56 bits per heavy atom. The fourth-order valence-corrected chi connectivity index (χ4v) is 4.67. The van der Waals surface area contributed by atoms with E-state index in [2.05, 4.69) is 15.6 Å². The van der Waals surface area contributed by atoms with Crippen molar-refractivity contribution in [3.05, 3.63) is 34.7 Å². The Bertz CT molecular complexity index is 969. The average molecular weight is 458 g/mol. The minimum atomic E-state index is -0.406. The molecule has 0 spiro atoms. The Morgan fingerprint density at radius 2 is 1.88 bits per heavy atom. The highest BCUT2D eigenvalue weighted by Gasteiger charge is 2.26. The third kappa shape index (κ3) is 5.43. The molecule has 2 aliphatic rings. The SMILES string of the molecule is COc1ccc(-c2csc(CN3CCN(C(=O)CCN4CCC(=O)NC4=O)CC3)n2)cc1. The quantitative estimate of drug-likeness (QED) is 0.681. The number of imide groups is 1. The third-order valence-corrected chi connectivity index (χ3v) is 6.59. The molecule has 2 aromatic rings. The number of nitrogens with one attached hydrogen (secondary N) is 1. The lowest BCUT2D eigenvalue weighted by atomic mass is 10.2. The highest BCUT2D eigenvalue weighted by atomic mass is 32.1. The molecule has 4 rings (SSSR count). The van der Waals surface area contributed by atoms with Crippen molar-refractivity contribution < 1.29 is 19.1 Å². The molecule has 2 fully saturated rings. The van der Waals surface area contributed by atoms with E-state index in [1.54, 1.807) is 18.4 Å². The van der Waals surface area contributed by atoms with Crippen LogP contribution < -0.4 is 10.1 Å². The van der Waals surface area contributed by atoms with Crippen LogP contribution in [0.4, 0.5) is 4.79 Å². The summed E-state index contributed by atoms with van der Waals surface area (Å²) in [4.78, 5) is 46.0. The van der Waals surface area contributed by atoms with Crippen LogP contribution in [0.3, 0.4) is 0 Å². The van der Waals surface area contributed by atoms with Gasteiger partial charge in [-0.15, -0.1) is 11.3 Å². The number of methoxy groups -OCH3 is 1. The zero-order valence-corrected chi connectivity index (χ0v) is 18.9. The molecule has 1 aromatic carbocycles. The van der Waals surface area contributed by atoms with Gasteiger partial charge in [0.05, 0.1) is 19.3 Å². The van der Waals surface area contributed by atoms with E-state index in [-0.39, 0.29) is 24.7 Å². The summed E-state index contributed by atoms with van der Waals surface area (Å²) in [5, 5.41) is 5.41. The van der Waals surface area contributed by atoms with E-state index in [1.807, 2.05) is 29.2 Å². The first-order valence-electron chi connectivity index (χ1n) is 10.7. The second kappa shape index (κ2) is 10.1. The van der Waals surface area contributed by atoms with Gasteiger partial charge < -0.3 is 14.5 Å². The van der Waals surface area contributed by atoms with Gasteiger partial charge in [-0.1, -0.05) is 0 Å². The minimum Gasteiger partial charge on any atom is -0.497 e. The number of amides is 4. The average Bonchev–Trinajstić information content (AvgIpc) is 3.27. The summed E-state index contributed by atoms with van der Waals surface area (Å²) < 4.78 is 5.21. The highest BCUT2D eigenvalue weighted by molar-refractivity contribution is 7.09. The molecule has 9 nitrogen and oxygen atoms in total. The number of aromatic nitrogens is 1. The lowest BCUT2D eigenvalue weighted by Gasteiger charge is -2.35. The summed E-state index contributed by atoms with van der Waals surface area (Å²) in [6.07, 6.45) is 0.564. The number of carbonyl (C=O) groups is 3. The van der Waals surface area contributed by atoms with Crippen molar-refractivity contribution in [2.24, 2.45) is 0 Å². The first-order valence-corrected chi connectivity index (χ1v) is 11.6. The number of hydrogen-bond donors (Lipinski definition) is 1. The first-order chi connectivity index (χ1) is 15.5. The number of ether oxygens (including phenoxy) is 1. The molecule has 1 N–H and O–H groups in total. The Morgan fingerprint density at radius 1 is 1.12 bits per heavy atom. The molecule has 0 bridgehead atoms. The minimum absolute atomic E-state index is 0.0467. The number of carbonyl (C=O) groups excluding carboxylic acids is 3. The number of nitrogens with zero attached hydrogens (tertiary/aromatic N) is 4. The molecule has 0 aliphatic carbocycles. The van der Waals surface area contributed by atoms with E-state index in [1.165, 1.54) is 4.90 Å². The van der Waals surface area contributed by atoms with Gasteiger partial charge in [0, 0.05) is 63.1 Å². The van der Waals surface area contributed by atoms with Crippen LogP contribution in [0.1, 0.15) is 17.8 Å². The number of hydrogen-bond acceptors (Lipinski definition) is 7. The first kappa shape index (κ1) is 22.2. The number of thiazole rings is 1. The predicted octanol–water partition coefficient (Wildman–Crippen LogP) is 1.79. The van der Waals surface area contributed by atoms with Gasteiger partial charge in [0.1, 0.15) is 10.8 Å². The van der Waals surface area contributed by atoms with Crippen LogP contribution in [0.25, 0.3) is 11.3 Å². The van der Waals surface area contributed by atoms with Crippen molar-refractivity contribution in [1.29, 1.82) is 0 Å². The highest BCUT2D eigenvalue weighted by Crippen LogP contribution is 2.25. The molecule has 4 amide bonds. The van der Waals surface area contributed by atoms with Crippen LogP contribution in [0.15, 0.2) is 29.6 Å². The summed E-state index contributed by atoms with van der Waals surface area (Å²) >= 11 is 1.65. The molecule has 2 aliphatic heterocycles. The fraction of sp³-hybridized carbons (Fsp3) is 0.455.